The molecule has 0 aromatic heterocycles. The Morgan fingerprint density at radius 3 is 2.35 bits per heavy atom. The van der Waals surface area contributed by atoms with Crippen molar-refractivity contribution in [3.05, 3.63) is 71.8 Å². The number of fused-ring (bicyclic) bond motifs is 1. The lowest BCUT2D eigenvalue weighted by Crippen LogP contribution is -2.47. The van der Waals surface area contributed by atoms with Gasteiger partial charge in [-0.1, -0.05) is 61.4 Å². The maximum absolute atomic E-state index is 13.3. The standard InChI is InChI=1S/C23H28N2O/c1-24-16-10-4-9-15-21-22(24)20(18-11-5-2-6-12-18)17-25(21)23(26)19-13-7-3-8-14-19/h2-3,5-8,11-14,20-22H,4,9-10,15-17H2,1H3/t20-,21+,22-/m0/s1. The van der Waals surface area contributed by atoms with Crippen molar-refractivity contribution in [2.45, 2.75) is 43.7 Å². The van der Waals surface area contributed by atoms with Gasteiger partial charge < -0.3 is 9.80 Å². The van der Waals surface area contributed by atoms with Gasteiger partial charge in [-0.15, -0.1) is 0 Å². The SMILES string of the molecule is CN1CCCCC[C@@H]2[C@@H]1[C@H](c1ccccc1)CN2C(=O)c1ccccc1. The summed E-state index contributed by atoms with van der Waals surface area (Å²) in [5.74, 6) is 0.574. The van der Waals surface area contributed by atoms with Gasteiger partial charge in [0, 0.05) is 30.1 Å². The number of rotatable bonds is 2. The topological polar surface area (TPSA) is 23.6 Å². The third-order valence-electron chi connectivity index (χ3n) is 6.13. The number of nitrogens with zero attached hydrogens (tertiary/aromatic N) is 2. The second-order valence-electron chi connectivity index (χ2n) is 7.73. The van der Waals surface area contributed by atoms with Crippen molar-refractivity contribution in [1.29, 1.82) is 0 Å². The maximum Gasteiger partial charge on any atom is 0.254 e. The van der Waals surface area contributed by atoms with Gasteiger partial charge in [0.05, 0.1) is 0 Å². The van der Waals surface area contributed by atoms with E-state index in [4.69, 9.17) is 0 Å². The zero-order valence-corrected chi connectivity index (χ0v) is 15.6. The molecule has 2 aromatic carbocycles. The van der Waals surface area contributed by atoms with Crippen LogP contribution in [0.25, 0.3) is 0 Å². The van der Waals surface area contributed by atoms with Crippen LogP contribution in [-0.2, 0) is 0 Å². The monoisotopic (exact) mass is 348 g/mol. The minimum absolute atomic E-state index is 0.188. The summed E-state index contributed by atoms with van der Waals surface area (Å²) in [7, 11) is 2.25. The first-order valence-corrected chi connectivity index (χ1v) is 9.87. The summed E-state index contributed by atoms with van der Waals surface area (Å²) in [6.45, 7) is 1.94. The Morgan fingerprint density at radius 1 is 0.923 bits per heavy atom. The quantitative estimate of drug-likeness (QED) is 0.813. The second kappa shape index (κ2) is 7.63. The number of likely N-dealkylation sites (tertiary alicyclic amines) is 2. The Labute approximate surface area is 156 Å². The highest BCUT2D eigenvalue weighted by Crippen LogP contribution is 2.39. The van der Waals surface area contributed by atoms with Crippen LogP contribution in [0, 0.1) is 0 Å². The number of likely N-dealkylation sites (N-methyl/N-ethyl adjacent to an activating group) is 1. The van der Waals surface area contributed by atoms with E-state index in [1.165, 1.54) is 24.8 Å². The first-order valence-electron chi connectivity index (χ1n) is 9.87. The van der Waals surface area contributed by atoms with Crippen molar-refractivity contribution in [3.8, 4) is 0 Å². The lowest BCUT2D eigenvalue weighted by molar-refractivity contribution is 0.0669. The average Bonchev–Trinajstić information content (AvgIpc) is 3.05. The van der Waals surface area contributed by atoms with Crippen LogP contribution in [0.1, 0.15) is 47.5 Å². The summed E-state index contributed by atoms with van der Waals surface area (Å²) in [5, 5.41) is 0. The summed E-state index contributed by atoms with van der Waals surface area (Å²) in [4.78, 5) is 18.0. The number of carbonyl (C=O) groups excluding carboxylic acids is 1. The fourth-order valence-corrected chi connectivity index (χ4v) is 4.86. The molecule has 3 atom stereocenters. The third kappa shape index (κ3) is 3.28. The number of hydrogen-bond acceptors (Lipinski definition) is 2. The van der Waals surface area contributed by atoms with E-state index in [9.17, 15) is 4.79 Å². The fraction of sp³-hybridized carbons (Fsp3) is 0.435. The highest BCUT2D eigenvalue weighted by atomic mass is 16.2. The lowest BCUT2D eigenvalue weighted by atomic mass is 9.87. The van der Waals surface area contributed by atoms with Gasteiger partial charge in [-0.2, -0.15) is 0 Å². The maximum atomic E-state index is 13.3. The van der Waals surface area contributed by atoms with E-state index >= 15 is 0 Å². The molecule has 3 heteroatoms. The van der Waals surface area contributed by atoms with Crippen LogP contribution < -0.4 is 0 Å². The summed E-state index contributed by atoms with van der Waals surface area (Å²) in [5.41, 5.74) is 2.17. The van der Waals surface area contributed by atoms with Gasteiger partial charge in [0.25, 0.3) is 5.91 Å². The van der Waals surface area contributed by atoms with Gasteiger partial charge in [-0.25, -0.2) is 0 Å². The van der Waals surface area contributed by atoms with Gasteiger partial charge >= 0.3 is 0 Å². The number of carbonyl (C=O) groups is 1. The second-order valence-corrected chi connectivity index (χ2v) is 7.73. The van der Waals surface area contributed by atoms with Crippen LogP contribution in [0.15, 0.2) is 60.7 Å². The molecule has 2 heterocycles. The van der Waals surface area contributed by atoms with E-state index in [0.29, 0.717) is 18.0 Å². The first-order chi connectivity index (χ1) is 12.8. The number of benzene rings is 2. The molecule has 2 aliphatic rings. The minimum Gasteiger partial charge on any atom is -0.333 e. The molecule has 0 bridgehead atoms. The molecule has 0 saturated carbocycles. The van der Waals surface area contributed by atoms with E-state index in [1.807, 2.05) is 30.3 Å². The van der Waals surface area contributed by atoms with Crippen molar-refractivity contribution in [1.82, 2.24) is 9.80 Å². The van der Waals surface area contributed by atoms with E-state index in [0.717, 1.165) is 25.1 Å². The van der Waals surface area contributed by atoms with Gasteiger partial charge in [-0.3, -0.25) is 4.79 Å². The molecule has 1 amide bonds. The van der Waals surface area contributed by atoms with E-state index < -0.39 is 0 Å². The molecule has 2 aliphatic heterocycles. The lowest BCUT2D eigenvalue weighted by Gasteiger charge is -2.37. The summed E-state index contributed by atoms with van der Waals surface area (Å²) in [6, 6.07) is 21.3. The molecule has 136 valence electrons. The smallest absolute Gasteiger partial charge is 0.254 e. The van der Waals surface area contributed by atoms with Gasteiger partial charge in [0.1, 0.15) is 0 Å². The largest absolute Gasteiger partial charge is 0.333 e. The Kier molecular flexibility index (Phi) is 5.07. The number of amides is 1. The van der Waals surface area contributed by atoms with Crippen molar-refractivity contribution in [3.63, 3.8) is 0 Å². The zero-order valence-electron chi connectivity index (χ0n) is 15.6. The van der Waals surface area contributed by atoms with Crippen LogP contribution in [0.4, 0.5) is 0 Å². The van der Waals surface area contributed by atoms with Crippen LogP contribution >= 0.6 is 0 Å². The normalized spacial score (nSPS) is 26.8. The van der Waals surface area contributed by atoms with Crippen molar-refractivity contribution in [2.75, 3.05) is 20.1 Å². The van der Waals surface area contributed by atoms with Crippen LogP contribution in [-0.4, -0.2) is 47.9 Å². The molecule has 0 N–H and O–H groups in total. The Morgan fingerprint density at radius 2 is 1.62 bits per heavy atom. The van der Waals surface area contributed by atoms with E-state index in [1.54, 1.807) is 0 Å². The van der Waals surface area contributed by atoms with Crippen molar-refractivity contribution in [2.24, 2.45) is 0 Å². The fourth-order valence-electron chi connectivity index (χ4n) is 4.86. The molecule has 2 aromatic rings. The first kappa shape index (κ1) is 17.3. The molecule has 2 saturated heterocycles. The molecule has 3 nitrogen and oxygen atoms in total. The Balaban J connectivity index is 1.69. The van der Waals surface area contributed by atoms with Crippen molar-refractivity contribution >= 4 is 5.91 Å². The molecule has 0 radical (unpaired) electrons. The Hall–Kier alpha value is -2.13. The van der Waals surface area contributed by atoms with Crippen LogP contribution in [0.3, 0.4) is 0 Å². The predicted octanol–water partition coefficient (Wildman–Crippen LogP) is 4.17. The van der Waals surface area contributed by atoms with E-state index in [2.05, 4.69) is 47.2 Å². The molecular weight excluding hydrogens is 320 g/mol. The number of hydrogen-bond donors (Lipinski definition) is 0. The molecule has 0 aliphatic carbocycles. The Bertz CT molecular complexity index is 730. The van der Waals surface area contributed by atoms with Crippen LogP contribution in [0.5, 0.6) is 0 Å². The molecule has 2 fully saturated rings. The van der Waals surface area contributed by atoms with E-state index in [-0.39, 0.29) is 5.91 Å². The zero-order chi connectivity index (χ0) is 17.9. The third-order valence-corrected chi connectivity index (χ3v) is 6.13. The minimum atomic E-state index is 0.188. The highest BCUT2D eigenvalue weighted by Gasteiger charge is 2.46. The summed E-state index contributed by atoms with van der Waals surface area (Å²) < 4.78 is 0. The van der Waals surface area contributed by atoms with Crippen LogP contribution in [0.2, 0.25) is 0 Å². The summed E-state index contributed by atoms with van der Waals surface area (Å²) >= 11 is 0. The predicted molar refractivity (Wildman–Crippen MR) is 105 cm³/mol. The van der Waals surface area contributed by atoms with Gasteiger partial charge in [0.15, 0.2) is 0 Å². The molecule has 26 heavy (non-hydrogen) atoms. The molecule has 4 rings (SSSR count). The molecule has 0 unspecified atom stereocenters. The summed E-state index contributed by atoms with van der Waals surface area (Å²) in [6.07, 6.45) is 4.84. The van der Waals surface area contributed by atoms with Crippen molar-refractivity contribution < 1.29 is 4.79 Å². The molecular formula is C23H28N2O. The average molecular weight is 348 g/mol. The van der Waals surface area contributed by atoms with Gasteiger partial charge in [-0.05, 0) is 44.1 Å². The van der Waals surface area contributed by atoms with Gasteiger partial charge in [0.2, 0.25) is 0 Å². The highest BCUT2D eigenvalue weighted by molar-refractivity contribution is 5.94. The molecule has 0 spiro atoms.